The van der Waals surface area contributed by atoms with Crippen molar-refractivity contribution in [3.63, 3.8) is 0 Å². The van der Waals surface area contributed by atoms with Gasteiger partial charge in [-0.15, -0.1) is 0 Å². The van der Waals surface area contributed by atoms with E-state index in [1.165, 1.54) is 0 Å². The molecular formula is C10H9NO2. The molecule has 3 heteroatoms. The van der Waals surface area contributed by atoms with Crippen molar-refractivity contribution in [1.29, 1.82) is 0 Å². The lowest BCUT2D eigenvalue weighted by Gasteiger charge is -1.90. The van der Waals surface area contributed by atoms with E-state index in [4.69, 9.17) is 4.52 Å². The number of aldehydes is 1. The summed E-state index contributed by atoms with van der Waals surface area (Å²) in [6, 6.07) is 5.33. The van der Waals surface area contributed by atoms with Gasteiger partial charge in [0.2, 0.25) is 0 Å². The average Bonchev–Trinajstić information content (AvgIpc) is 2.59. The molecule has 2 rings (SSSR count). The number of carbonyl (C=O) groups is 1. The molecule has 0 spiro atoms. The second kappa shape index (κ2) is 3.01. The zero-order chi connectivity index (χ0) is 9.26. The Morgan fingerprint density at radius 2 is 2.38 bits per heavy atom. The molecule has 13 heavy (non-hydrogen) atoms. The van der Waals surface area contributed by atoms with Gasteiger partial charge in [0, 0.05) is 17.4 Å². The number of hydrogen-bond donors (Lipinski definition) is 0. The molecule has 0 aliphatic carbocycles. The smallest absolute Gasteiger partial charge is 0.150 e. The lowest BCUT2D eigenvalue weighted by atomic mass is 10.1. The van der Waals surface area contributed by atoms with Gasteiger partial charge < -0.3 is 4.52 Å². The number of rotatable bonds is 2. The summed E-state index contributed by atoms with van der Waals surface area (Å²) in [6.07, 6.45) is 1.62. The van der Waals surface area contributed by atoms with Gasteiger partial charge in [0.1, 0.15) is 17.6 Å². The lowest BCUT2D eigenvalue weighted by molar-refractivity contribution is 0.112. The van der Waals surface area contributed by atoms with E-state index in [1.807, 2.05) is 6.92 Å². The molecule has 0 atom stereocenters. The molecule has 0 amide bonds. The zero-order valence-electron chi connectivity index (χ0n) is 7.28. The van der Waals surface area contributed by atoms with Crippen LogP contribution in [0.5, 0.6) is 0 Å². The number of aryl methyl sites for hydroxylation is 1. The van der Waals surface area contributed by atoms with E-state index in [2.05, 4.69) is 5.16 Å². The maximum absolute atomic E-state index is 10.5. The molecule has 1 aromatic carbocycles. The number of aromatic nitrogens is 1. The van der Waals surface area contributed by atoms with Crippen LogP contribution in [0.4, 0.5) is 0 Å². The van der Waals surface area contributed by atoms with E-state index in [0.717, 1.165) is 29.4 Å². The van der Waals surface area contributed by atoms with Gasteiger partial charge in [-0.1, -0.05) is 12.1 Å². The quantitative estimate of drug-likeness (QED) is 0.657. The van der Waals surface area contributed by atoms with Crippen molar-refractivity contribution in [2.24, 2.45) is 0 Å². The molecule has 0 saturated carbocycles. The van der Waals surface area contributed by atoms with Gasteiger partial charge in [0.05, 0.1) is 0 Å². The third-order valence-corrected chi connectivity index (χ3v) is 2.03. The minimum atomic E-state index is 0.658. The van der Waals surface area contributed by atoms with Crippen LogP contribution >= 0.6 is 0 Å². The Bertz CT molecular complexity index is 445. The molecular weight excluding hydrogens is 166 g/mol. The summed E-state index contributed by atoms with van der Waals surface area (Å²) in [4.78, 5) is 10.5. The first-order valence-corrected chi connectivity index (χ1v) is 4.18. The molecule has 0 saturated heterocycles. The molecule has 66 valence electrons. The van der Waals surface area contributed by atoms with Crippen LogP contribution in [0.15, 0.2) is 22.7 Å². The SMILES string of the molecule is CCc1onc2ccc(C=O)cc12. The maximum atomic E-state index is 10.5. The predicted octanol–water partition coefficient (Wildman–Crippen LogP) is 2.20. The fourth-order valence-electron chi connectivity index (χ4n) is 1.34. The van der Waals surface area contributed by atoms with Gasteiger partial charge in [-0.05, 0) is 18.2 Å². The highest BCUT2D eigenvalue weighted by Gasteiger charge is 2.06. The Hall–Kier alpha value is -1.64. The Kier molecular flexibility index (Phi) is 1.85. The first kappa shape index (κ1) is 7.98. The topological polar surface area (TPSA) is 43.1 Å². The van der Waals surface area contributed by atoms with Crippen LogP contribution in [0, 0.1) is 0 Å². The highest BCUT2D eigenvalue weighted by atomic mass is 16.5. The number of hydrogen-bond acceptors (Lipinski definition) is 3. The van der Waals surface area contributed by atoms with Gasteiger partial charge in [0.25, 0.3) is 0 Å². The molecule has 0 fully saturated rings. The number of fused-ring (bicyclic) bond motifs is 1. The minimum absolute atomic E-state index is 0.658. The Balaban J connectivity index is 2.71. The van der Waals surface area contributed by atoms with Crippen LogP contribution in [0.2, 0.25) is 0 Å². The molecule has 1 aromatic heterocycles. The number of benzene rings is 1. The van der Waals surface area contributed by atoms with E-state index in [0.29, 0.717) is 5.56 Å². The monoisotopic (exact) mass is 175 g/mol. The average molecular weight is 175 g/mol. The van der Waals surface area contributed by atoms with Crippen molar-refractivity contribution >= 4 is 17.2 Å². The molecule has 0 bridgehead atoms. The van der Waals surface area contributed by atoms with Crippen LogP contribution in [0.25, 0.3) is 10.9 Å². The molecule has 3 nitrogen and oxygen atoms in total. The van der Waals surface area contributed by atoms with E-state index in [9.17, 15) is 4.79 Å². The number of nitrogens with zero attached hydrogens (tertiary/aromatic N) is 1. The van der Waals surface area contributed by atoms with Crippen molar-refractivity contribution in [3.05, 3.63) is 29.5 Å². The van der Waals surface area contributed by atoms with Crippen molar-refractivity contribution < 1.29 is 9.32 Å². The first-order chi connectivity index (χ1) is 6.35. The number of carbonyl (C=O) groups excluding carboxylic acids is 1. The highest BCUT2D eigenvalue weighted by molar-refractivity contribution is 5.87. The van der Waals surface area contributed by atoms with E-state index >= 15 is 0 Å². The van der Waals surface area contributed by atoms with E-state index < -0.39 is 0 Å². The fraction of sp³-hybridized carbons (Fsp3) is 0.200. The molecule has 0 unspecified atom stereocenters. The minimum Gasteiger partial charge on any atom is -0.360 e. The van der Waals surface area contributed by atoms with Crippen molar-refractivity contribution in [1.82, 2.24) is 5.16 Å². The van der Waals surface area contributed by atoms with Crippen LogP contribution in [-0.4, -0.2) is 11.4 Å². The molecule has 0 aliphatic rings. The molecule has 2 aromatic rings. The Morgan fingerprint density at radius 1 is 1.54 bits per heavy atom. The summed E-state index contributed by atoms with van der Waals surface area (Å²) >= 11 is 0. The molecule has 1 heterocycles. The predicted molar refractivity (Wildman–Crippen MR) is 48.8 cm³/mol. The zero-order valence-corrected chi connectivity index (χ0v) is 7.28. The summed E-state index contributed by atoms with van der Waals surface area (Å²) in [7, 11) is 0. The summed E-state index contributed by atoms with van der Waals surface area (Å²) in [5, 5.41) is 4.81. The Morgan fingerprint density at radius 3 is 3.08 bits per heavy atom. The van der Waals surface area contributed by atoms with Crippen molar-refractivity contribution in [3.8, 4) is 0 Å². The maximum Gasteiger partial charge on any atom is 0.150 e. The highest BCUT2D eigenvalue weighted by Crippen LogP contribution is 2.19. The van der Waals surface area contributed by atoms with Crippen molar-refractivity contribution in [2.45, 2.75) is 13.3 Å². The van der Waals surface area contributed by atoms with E-state index in [-0.39, 0.29) is 0 Å². The summed E-state index contributed by atoms with van der Waals surface area (Å²) < 4.78 is 5.10. The van der Waals surface area contributed by atoms with Gasteiger partial charge in [-0.2, -0.15) is 0 Å². The lowest BCUT2D eigenvalue weighted by Crippen LogP contribution is -1.80. The van der Waals surface area contributed by atoms with Gasteiger partial charge in [-0.3, -0.25) is 4.79 Å². The summed E-state index contributed by atoms with van der Waals surface area (Å²) in [5.41, 5.74) is 1.47. The van der Waals surface area contributed by atoms with Crippen LogP contribution in [-0.2, 0) is 6.42 Å². The normalized spacial score (nSPS) is 10.5. The van der Waals surface area contributed by atoms with Crippen LogP contribution < -0.4 is 0 Å². The molecule has 0 N–H and O–H groups in total. The third-order valence-electron chi connectivity index (χ3n) is 2.03. The van der Waals surface area contributed by atoms with Crippen LogP contribution in [0.1, 0.15) is 23.0 Å². The van der Waals surface area contributed by atoms with Gasteiger partial charge >= 0.3 is 0 Å². The van der Waals surface area contributed by atoms with Crippen LogP contribution in [0.3, 0.4) is 0 Å². The van der Waals surface area contributed by atoms with Gasteiger partial charge in [-0.25, -0.2) is 0 Å². The van der Waals surface area contributed by atoms with E-state index in [1.54, 1.807) is 18.2 Å². The standard InChI is InChI=1S/C10H9NO2/c1-2-10-8-5-7(6-12)3-4-9(8)11-13-10/h3-6H,2H2,1H3. The Labute approximate surface area is 75.3 Å². The third kappa shape index (κ3) is 1.22. The second-order valence-electron chi connectivity index (χ2n) is 2.85. The second-order valence-corrected chi connectivity index (χ2v) is 2.85. The largest absolute Gasteiger partial charge is 0.360 e. The molecule has 0 aliphatic heterocycles. The summed E-state index contributed by atoms with van der Waals surface area (Å²) in [6.45, 7) is 1.99. The fourth-order valence-corrected chi connectivity index (χ4v) is 1.34. The van der Waals surface area contributed by atoms with Gasteiger partial charge in [0.15, 0.2) is 0 Å². The first-order valence-electron chi connectivity index (χ1n) is 4.18. The molecule has 0 radical (unpaired) electrons. The van der Waals surface area contributed by atoms with Crippen molar-refractivity contribution in [2.75, 3.05) is 0 Å². The summed E-state index contributed by atoms with van der Waals surface area (Å²) in [5.74, 6) is 0.832.